The maximum absolute atomic E-state index is 13.2. The standard InChI is InChI=1S/C18H19FN4O2/c1-3-13-16(7-4-11(2)21-13)25-10-18(24)20-9-17-22-14-6-5-12(19)8-15(14)23-17/h4-8H,3,9-10H2,1-2H3,(H,20,24)(H,22,23). The van der Waals surface area contributed by atoms with Gasteiger partial charge in [0.1, 0.15) is 17.4 Å². The van der Waals surface area contributed by atoms with Crippen LogP contribution in [0, 0.1) is 12.7 Å². The lowest BCUT2D eigenvalue weighted by atomic mass is 10.2. The molecule has 1 amide bonds. The van der Waals surface area contributed by atoms with Crippen LogP contribution in [0.15, 0.2) is 30.3 Å². The van der Waals surface area contributed by atoms with Gasteiger partial charge in [0.2, 0.25) is 0 Å². The highest BCUT2D eigenvalue weighted by atomic mass is 19.1. The van der Waals surface area contributed by atoms with Gasteiger partial charge in [0.15, 0.2) is 6.61 Å². The van der Waals surface area contributed by atoms with Gasteiger partial charge in [-0.05, 0) is 43.7 Å². The van der Waals surface area contributed by atoms with E-state index < -0.39 is 0 Å². The zero-order valence-electron chi connectivity index (χ0n) is 14.1. The van der Waals surface area contributed by atoms with Crippen molar-refractivity contribution in [3.05, 3.63) is 53.4 Å². The van der Waals surface area contributed by atoms with Gasteiger partial charge in [0.05, 0.1) is 23.3 Å². The molecule has 0 atom stereocenters. The fourth-order valence-corrected chi connectivity index (χ4v) is 2.48. The van der Waals surface area contributed by atoms with E-state index in [1.807, 2.05) is 26.0 Å². The van der Waals surface area contributed by atoms with Crippen molar-refractivity contribution in [2.45, 2.75) is 26.8 Å². The molecule has 0 bridgehead atoms. The number of ether oxygens (including phenoxy) is 1. The molecule has 0 aliphatic carbocycles. The SMILES string of the molecule is CCc1nc(C)ccc1OCC(=O)NCc1nc2ccc(F)cc2[nH]1. The van der Waals surface area contributed by atoms with E-state index in [4.69, 9.17) is 4.74 Å². The van der Waals surface area contributed by atoms with E-state index in [2.05, 4.69) is 20.3 Å². The number of amides is 1. The second kappa shape index (κ2) is 7.29. The van der Waals surface area contributed by atoms with E-state index in [-0.39, 0.29) is 24.9 Å². The molecule has 2 heterocycles. The summed E-state index contributed by atoms with van der Waals surface area (Å²) in [5.41, 5.74) is 2.99. The van der Waals surface area contributed by atoms with Crippen LogP contribution in [0.25, 0.3) is 11.0 Å². The lowest BCUT2D eigenvalue weighted by molar-refractivity contribution is -0.123. The highest BCUT2D eigenvalue weighted by Gasteiger charge is 2.09. The van der Waals surface area contributed by atoms with Crippen LogP contribution in [0.4, 0.5) is 4.39 Å². The van der Waals surface area contributed by atoms with Crippen molar-refractivity contribution >= 4 is 16.9 Å². The third-order valence-corrected chi connectivity index (χ3v) is 3.71. The number of rotatable bonds is 6. The van der Waals surface area contributed by atoms with E-state index in [1.54, 1.807) is 6.07 Å². The Morgan fingerprint density at radius 2 is 2.12 bits per heavy atom. The van der Waals surface area contributed by atoms with E-state index in [1.165, 1.54) is 12.1 Å². The molecule has 0 aliphatic rings. The molecule has 0 aliphatic heterocycles. The highest BCUT2D eigenvalue weighted by molar-refractivity contribution is 5.78. The fourth-order valence-electron chi connectivity index (χ4n) is 2.48. The van der Waals surface area contributed by atoms with Gasteiger partial charge in [-0.2, -0.15) is 0 Å². The summed E-state index contributed by atoms with van der Waals surface area (Å²) in [6.07, 6.45) is 0.730. The van der Waals surface area contributed by atoms with E-state index in [0.29, 0.717) is 22.6 Å². The number of carbonyl (C=O) groups is 1. The van der Waals surface area contributed by atoms with Crippen LogP contribution in [-0.2, 0) is 17.8 Å². The molecule has 0 saturated carbocycles. The van der Waals surface area contributed by atoms with E-state index in [9.17, 15) is 9.18 Å². The Kier molecular flexibility index (Phi) is 4.92. The lowest BCUT2D eigenvalue weighted by Gasteiger charge is -2.10. The second-order valence-electron chi connectivity index (χ2n) is 5.66. The van der Waals surface area contributed by atoms with Crippen molar-refractivity contribution in [1.29, 1.82) is 0 Å². The summed E-state index contributed by atoms with van der Waals surface area (Å²) in [5.74, 6) is 0.565. The van der Waals surface area contributed by atoms with Crippen molar-refractivity contribution < 1.29 is 13.9 Å². The summed E-state index contributed by atoms with van der Waals surface area (Å²) < 4.78 is 18.7. The molecule has 25 heavy (non-hydrogen) atoms. The number of fused-ring (bicyclic) bond motifs is 1. The number of H-pyrrole nitrogens is 1. The smallest absolute Gasteiger partial charge is 0.258 e. The Hall–Kier alpha value is -2.96. The Morgan fingerprint density at radius 1 is 1.28 bits per heavy atom. The van der Waals surface area contributed by atoms with Gasteiger partial charge in [0.25, 0.3) is 5.91 Å². The number of hydrogen-bond donors (Lipinski definition) is 2. The number of benzene rings is 1. The van der Waals surface area contributed by atoms with Crippen molar-refractivity contribution in [2.24, 2.45) is 0 Å². The predicted octanol–water partition coefficient (Wildman–Crippen LogP) is 2.66. The van der Waals surface area contributed by atoms with Crippen LogP contribution >= 0.6 is 0 Å². The van der Waals surface area contributed by atoms with Crippen LogP contribution in [0.1, 0.15) is 24.1 Å². The molecule has 2 N–H and O–H groups in total. The van der Waals surface area contributed by atoms with Crippen molar-refractivity contribution in [2.75, 3.05) is 6.61 Å². The lowest BCUT2D eigenvalue weighted by Crippen LogP contribution is -2.29. The first kappa shape index (κ1) is 16.9. The summed E-state index contributed by atoms with van der Waals surface area (Å²) in [6, 6.07) is 7.97. The van der Waals surface area contributed by atoms with Gasteiger partial charge in [-0.15, -0.1) is 0 Å². The number of carbonyl (C=O) groups excluding carboxylic acids is 1. The minimum absolute atomic E-state index is 0.105. The number of aryl methyl sites for hydroxylation is 2. The van der Waals surface area contributed by atoms with Crippen LogP contribution in [0.2, 0.25) is 0 Å². The predicted molar refractivity (Wildman–Crippen MR) is 91.7 cm³/mol. The van der Waals surface area contributed by atoms with Crippen molar-refractivity contribution in [3.8, 4) is 5.75 Å². The summed E-state index contributed by atoms with van der Waals surface area (Å²) in [7, 11) is 0. The van der Waals surface area contributed by atoms with Crippen LogP contribution in [0.3, 0.4) is 0 Å². The molecule has 2 aromatic heterocycles. The monoisotopic (exact) mass is 342 g/mol. The van der Waals surface area contributed by atoms with Gasteiger partial charge >= 0.3 is 0 Å². The van der Waals surface area contributed by atoms with Crippen molar-refractivity contribution in [3.63, 3.8) is 0 Å². The first-order chi connectivity index (χ1) is 12.0. The topological polar surface area (TPSA) is 79.9 Å². The largest absolute Gasteiger partial charge is 0.482 e. The summed E-state index contributed by atoms with van der Waals surface area (Å²) >= 11 is 0. The Bertz CT molecular complexity index is 907. The second-order valence-corrected chi connectivity index (χ2v) is 5.66. The Balaban J connectivity index is 1.55. The number of hydrogen-bond acceptors (Lipinski definition) is 4. The number of pyridine rings is 1. The molecule has 0 saturated heterocycles. The van der Waals surface area contributed by atoms with Crippen LogP contribution in [0.5, 0.6) is 5.75 Å². The van der Waals surface area contributed by atoms with Crippen molar-refractivity contribution in [1.82, 2.24) is 20.3 Å². The van der Waals surface area contributed by atoms with Gasteiger partial charge in [-0.25, -0.2) is 9.37 Å². The summed E-state index contributed by atoms with van der Waals surface area (Å²) in [5, 5.41) is 2.72. The molecule has 7 heteroatoms. The maximum Gasteiger partial charge on any atom is 0.258 e. The average Bonchev–Trinajstić information content (AvgIpc) is 3.00. The molecule has 3 rings (SSSR count). The fraction of sp³-hybridized carbons (Fsp3) is 0.278. The molecule has 0 unspecified atom stereocenters. The molecular formula is C18H19FN4O2. The number of nitrogens with one attached hydrogen (secondary N) is 2. The molecule has 130 valence electrons. The first-order valence-electron chi connectivity index (χ1n) is 8.05. The van der Waals surface area contributed by atoms with E-state index >= 15 is 0 Å². The Morgan fingerprint density at radius 3 is 2.92 bits per heavy atom. The molecule has 1 aromatic carbocycles. The Labute approximate surface area is 144 Å². The zero-order valence-corrected chi connectivity index (χ0v) is 14.1. The van der Waals surface area contributed by atoms with Gasteiger partial charge in [0, 0.05) is 5.69 Å². The van der Waals surface area contributed by atoms with Crippen LogP contribution in [-0.4, -0.2) is 27.5 Å². The normalized spacial score (nSPS) is 10.8. The minimum atomic E-state index is -0.335. The molecule has 3 aromatic rings. The number of nitrogens with zero attached hydrogens (tertiary/aromatic N) is 2. The minimum Gasteiger partial charge on any atom is -0.482 e. The zero-order chi connectivity index (χ0) is 17.8. The molecule has 0 radical (unpaired) electrons. The summed E-state index contributed by atoms with van der Waals surface area (Å²) in [4.78, 5) is 23.6. The number of halogens is 1. The maximum atomic E-state index is 13.2. The van der Waals surface area contributed by atoms with E-state index in [0.717, 1.165) is 17.8 Å². The number of imidazole rings is 1. The van der Waals surface area contributed by atoms with Gasteiger partial charge < -0.3 is 15.0 Å². The molecular weight excluding hydrogens is 323 g/mol. The number of aromatic nitrogens is 3. The summed E-state index contributed by atoms with van der Waals surface area (Å²) in [6.45, 7) is 4.01. The number of aromatic amines is 1. The average molecular weight is 342 g/mol. The van der Waals surface area contributed by atoms with Crippen LogP contribution < -0.4 is 10.1 Å². The highest BCUT2D eigenvalue weighted by Crippen LogP contribution is 2.17. The molecule has 0 fully saturated rings. The van der Waals surface area contributed by atoms with Gasteiger partial charge in [-0.1, -0.05) is 6.92 Å². The third kappa shape index (κ3) is 4.12. The third-order valence-electron chi connectivity index (χ3n) is 3.71. The van der Waals surface area contributed by atoms with Gasteiger partial charge in [-0.3, -0.25) is 9.78 Å². The first-order valence-corrected chi connectivity index (χ1v) is 8.05. The molecule has 0 spiro atoms. The molecule has 6 nitrogen and oxygen atoms in total. The quantitative estimate of drug-likeness (QED) is 0.722.